The summed E-state index contributed by atoms with van der Waals surface area (Å²) < 4.78 is 0. The number of hydrogen-bond donors (Lipinski definition) is 1. The first-order valence-electron chi connectivity index (χ1n) is 5.87. The first kappa shape index (κ1) is 11.7. The van der Waals surface area contributed by atoms with Gasteiger partial charge in [-0.05, 0) is 69.1 Å². The van der Waals surface area contributed by atoms with E-state index in [4.69, 9.17) is 17.3 Å². The Bertz CT molecular complexity index is 357. The molecule has 2 rings (SSSR count). The third-order valence-electron chi connectivity index (χ3n) is 3.45. The zero-order chi connectivity index (χ0) is 11.5. The highest BCUT2D eigenvalue weighted by atomic mass is 35.5. The average Bonchev–Trinajstić information content (AvgIpc) is 2.27. The molecule has 16 heavy (non-hydrogen) atoms. The Morgan fingerprint density at radius 1 is 1.38 bits per heavy atom. The van der Waals surface area contributed by atoms with Crippen molar-refractivity contribution in [1.29, 1.82) is 0 Å². The maximum Gasteiger partial charge on any atom is 0.0410 e. The number of benzene rings is 1. The highest BCUT2D eigenvalue weighted by molar-refractivity contribution is 6.30. The number of nitrogens with two attached hydrogens (primary N) is 1. The molecule has 1 aromatic carbocycles. The first-order valence-corrected chi connectivity index (χ1v) is 6.25. The predicted octanol–water partition coefficient (Wildman–Crippen LogP) is 2.81. The number of halogens is 1. The smallest absolute Gasteiger partial charge is 0.0410 e. The topological polar surface area (TPSA) is 29.3 Å². The summed E-state index contributed by atoms with van der Waals surface area (Å²) in [6.07, 6.45) is 3.60. The van der Waals surface area contributed by atoms with Crippen molar-refractivity contribution in [2.75, 3.05) is 25.9 Å². The number of nitrogen functional groups attached to an aromatic ring is 1. The van der Waals surface area contributed by atoms with E-state index < -0.39 is 0 Å². The van der Waals surface area contributed by atoms with Gasteiger partial charge in [0.15, 0.2) is 0 Å². The van der Waals surface area contributed by atoms with Gasteiger partial charge in [-0.25, -0.2) is 0 Å². The molecule has 0 saturated carbocycles. The molecule has 88 valence electrons. The number of nitrogens with zero attached hydrogens (tertiary/aromatic N) is 1. The molecule has 2 N–H and O–H groups in total. The Morgan fingerprint density at radius 2 is 2.06 bits per heavy atom. The minimum absolute atomic E-state index is 0.761. The van der Waals surface area contributed by atoms with Gasteiger partial charge in [0.2, 0.25) is 0 Å². The number of likely N-dealkylation sites (tertiary alicyclic amines) is 1. The highest BCUT2D eigenvalue weighted by Crippen LogP contribution is 2.25. The summed E-state index contributed by atoms with van der Waals surface area (Å²) in [4.78, 5) is 2.39. The van der Waals surface area contributed by atoms with Crippen molar-refractivity contribution >= 4 is 17.3 Å². The highest BCUT2D eigenvalue weighted by Gasteiger charge is 2.17. The fourth-order valence-corrected chi connectivity index (χ4v) is 2.52. The van der Waals surface area contributed by atoms with E-state index in [1.54, 1.807) is 0 Å². The number of hydrogen-bond acceptors (Lipinski definition) is 2. The Balaban J connectivity index is 2.00. The van der Waals surface area contributed by atoms with Crippen molar-refractivity contribution < 1.29 is 0 Å². The largest absolute Gasteiger partial charge is 0.399 e. The van der Waals surface area contributed by atoms with Crippen molar-refractivity contribution in [1.82, 2.24) is 4.90 Å². The van der Waals surface area contributed by atoms with E-state index >= 15 is 0 Å². The van der Waals surface area contributed by atoms with E-state index in [0.29, 0.717) is 0 Å². The van der Waals surface area contributed by atoms with E-state index in [0.717, 1.165) is 23.0 Å². The molecule has 1 fully saturated rings. The maximum atomic E-state index is 5.99. The molecule has 3 heteroatoms. The third-order valence-corrected chi connectivity index (χ3v) is 3.69. The molecular weight excluding hydrogens is 220 g/mol. The van der Waals surface area contributed by atoms with Gasteiger partial charge in [0.25, 0.3) is 0 Å². The minimum Gasteiger partial charge on any atom is -0.399 e. The second-order valence-electron chi connectivity index (χ2n) is 4.79. The summed E-state index contributed by atoms with van der Waals surface area (Å²) in [5.74, 6) is 0.761. The van der Waals surface area contributed by atoms with Gasteiger partial charge in [-0.2, -0.15) is 0 Å². The molecule has 0 bridgehead atoms. The Morgan fingerprint density at radius 3 is 2.75 bits per heavy atom. The molecule has 1 aromatic rings. The van der Waals surface area contributed by atoms with Crippen LogP contribution in [0.1, 0.15) is 18.4 Å². The normalized spacial score (nSPS) is 18.9. The van der Waals surface area contributed by atoms with Crippen molar-refractivity contribution in [2.24, 2.45) is 5.92 Å². The molecule has 1 aliphatic rings. The van der Waals surface area contributed by atoms with Crippen molar-refractivity contribution in [3.05, 3.63) is 28.8 Å². The molecule has 1 aliphatic heterocycles. The number of anilines is 1. The van der Waals surface area contributed by atoms with Crippen LogP contribution in [0.4, 0.5) is 5.69 Å². The summed E-state index contributed by atoms with van der Waals surface area (Å²) in [6.45, 7) is 2.40. The maximum absolute atomic E-state index is 5.99. The zero-order valence-electron chi connectivity index (χ0n) is 9.75. The standard InChI is InChI=1S/C13H19ClN2/c1-16-6-4-10(5-7-16)8-11-9-12(14)2-3-13(11)15/h2-3,9-10H,4-8,15H2,1H3. The Hall–Kier alpha value is -0.730. The zero-order valence-corrected chi connectivity index (χ0v) is 10.5. The van der Waals surface area contributed by atoms with E-state index in [1.807, 2.05) is 18.2 Å². The lowest BCUT2D eigenvalue weighted by molar-refractivity contribution is 0.219. The molecule has 0 amide bonds. The quantitative estimate of drug-likeness (QED) is 0.803. The summed E-state index contributed by atoms with van der Waals surface area (Å²) in [7, 11) is 2.18. The van der Waals surface area contributed by atoms with Crippen molar-refractivity contribution in [2.45, 2.75) is 19.3 Å². The predicted molar refractivity (Wildman–Crippen MR) is 69.8 cm³/mol. The lowest BCUT2D eigenvalue weighted by Crippen LogP contribution is -2.31. The Kier molecular flexibility index (Phi) is 3.72. The van der Waals surface area contributed by atoms with E-state index in [-0.39, 0.29) is 0 Å². The molecule has 0 aromatic heterocycles. The van der Waals surface area contributed by atoms with Crippen LogP contribution in [0, 0.1) is 5.92 Å². The lowest BCUT2D eigenvalue weighted by Gasteiger charge is -2.29. The molecule has 0 spiro atoms. The van der Waals surface area contributed by atoms with Crippen LogP contribution in [-0.2, 0) is 6.42 Å². The van der Waals surface area contributed by atoms with E-state index in [9.17, 15) is 0 Å². The van der Waals surface area contributed by atoms with Crippen LogP contribution in [0.25, 0.3) is 0 Å². The SMILES string of the molecule is CN1CCC(Cc2cc(Cl)ccc2N)CC1. The molecule has 0 unspecified atom stereocenters. The van der Waals surface area contributed by atoms with Crippen LogP contribution in [0.15, 0.2) is 18.2 Å². The molecule has 0 aliphatic carbocycles. The van der Waals surface area contributed by atoms with E-state index in [2.05, 4.69) is 11.9 Å². The van der Waals surface area contributed by atoms with Crippen molar-refractivity contribution in [3.8, 4) is 0 Å². The van der Waals surface area contributed by atoms with Gasteiger partial charge < -0.3 is 10.6 Å². The van der Waals surface area contributed by atoms with Gasteiger partial charge in [0.05, 0.1) is 0 Å². The van der Waals surface area contributed by atoms with Gasteiger partial charge in [-0.15, -0.1) is 0 Å². The fraction of sp³-hybridized carbons (Fsp3) is 0.538. The van der Waals surface area contributed by atoms with Gasteiger partial charge >= 0.3 is 0 Å². The molecule has 0 atom stereocenters. The molecule has 2 nitrogen and oxygen atoms in total. The third kappa shape index (κ3) is 2.89. The van der Waals surface area contributed by atoms with Gasteiger partial charge in [-0.1, -0.05) is 11.6 Å². The number of rotatable bonds is 2. The molecular formula is C13H19ClN2. The van der Waals surface area contributed by atoms with Crippen LogP contribution >= 0.6 is 11.6 Å². The van der Waals surface area contributed by atoms with E-state index in [1.165, 1.54) is 31.5 Å². The second kappa shape index (κ2) is 5.07. The lowest BCUT2D eigenvalue weighted by atomic mass is 9.90. The van der Waals surface area contributed by atoms with Crippen LogP contribution in [0.2, 0.25) is 5.02 Å². The van der Waals surface area contributed by atoms with Crippen LogP contribution in [0.5, 0.6) is 0 Å². The number of piperidine rings is 1. The summed E-state index contributed by atoms with van der Waals surface area (Å²) in [5, 5.41) is 0.789. The van der Waals surface area contributed by atoms with Gasteiger partial charge in [0, 0.05) is 10.7 Å². The van der Waals surface area contributed by atoms with Crippen LogP contribution < -0.4 is 5.73 Å². The average molecular weight is 239 g/mol. The minimum atomic E-state index is 0.761. The summed E-state index contributed by atoms with van der Waals surface area (Å²) >= 11 is 5.99. The Labute approximate surface area is 102 Å². The molecule has 1 heterocycles. The van der Waals surface area contributed by atoms with Gasteiger partial charge in [0.1, 0.15) is 0 Å². The molecule has 0 radical (unpaired) electrons. The first-order chi connectivity index (χ1) is 7.65. The monoisotopic (exact) mass is 238 g/mol. The van der Waals surface area contributed by atoms with Crippen molar-refractivity contribution in [3.63, 3.8) is 0 Å². The fourth-order valence-electron chi connectivity index (χ4n) is 2.33. The van der Waals surface area contributed by atoms with Crippen LogP contribution in [-0.4, -0.2) is 25.0 Å². The van der Waals surface area contributed by atoms with Crippen LogP contribution in [0.3, 0.4) is 0 Å². The summed E-state index contributed by atoms with van der Waals surface area (Å²) in [6, 6.07) is 5.77. The van der Waals surface area contributed by atoms with Gasteiger partial charge in [-0.3, -0.25) is 0 Å². The summed E-state index contributed by atoms with van der Waals surface area (Å²) in [5.41, 5.74) is 8.05. The second-order valence-corrected chi connectivity index (χ2v) is 5.23. The molecule has 1 saturated heterocycles.